The summed E-state index contributed by atoms with van der Waals surface area (Å²) in [5.74, 6) is 0. The van der Waals surface area contributed by atoms with Crippen LogP contribution >= 0.6 is 0 Å². The van der Waals surface area contributed by atoms with E-state index in [9.17, 15) is 18.5 Å². The highest BCUT2D eigenvalue weighted by atomic mass is 32.2. The summed E-state index contributed by atoms with van der Waals surface area (Å²) in [6.45, 7) is 4.05. The lowest BCUT2D eigenvalue weighted by molar-refractivity contribution is -0.384. The molecule has 0 aliphatic rings. The van der Waals surface area contributed by atoms with E-state index in [4.69, 9.17) is 4.74 Å². The van der Waals surface area contributed by atoms with Gasteiger partial charge in [0.25, 0.3) is 5.69 Å². The Morgan fingerprint density at radius 3 is 2.62 bits per heavy atom. The lowest BCUT2D eigenvalue weighted by Gasteiger charge is -2.14. The van der Waals surface area contributed by atoms with Crippen molar-refractivity contribution in [2.75, 3.05) is 25.5 Å². The fraction of sp³-hybridized carbons (Fsp3) is 0.500. The lowest BCUT2D eigenvalue weighted by atomic mass is 10.3. The smallest absolute Gasteiger partial charge is 0.271 e. The van der Waals surface area contributed by atoms with Crippen molar-refractivity contribution in [1.82, 2.24) is 4.72 Å². The van der Waals surface area contributed by atoms with E-state index in [1.807, 2.05) is 0 Å². The number of non-ortho nitro benzene ring substituents is 1. The van der Waals surface area contributed by atoms with Crippen LogP contribution in [0.1, 0.15) is 13.8 Å². The van der Waals surface area contributed by atoms with E-state index in [-0.39, 0.29) is 28.9 Å². The predicted octanol–water partition coefficient (Wildman–Crippen LogP) is 1.34. The molecule has 1 aromatic carbocycles. The zero-order valence-corrected chi connectivity index (χ0v) is 12.9. The third kappa shape index (κ3) is 4.66. The molecule has 21 heavy (non-hydrogen) atoms. The van der Waals surface area contributed by atoms with Gasteiger partial charge in [-0.1, -0.05) is 0 Å². The van der Waals surface area contributed by atoms with Crippen LogP contribution in [0.3, 0.4) is 0 Å². The number of anilines is 1. The first-order chi connectivity index (χ1) is 9.81. The minimum absolute atomic E-state index is 0.0294. The van der Waals surface area contributed by atoms with Gasteiger partial charge in [0.1, 0.15) is 4.90 Å². The van der Waals surface area contributed by atoms with Crippen LogP contribution in [-0.4, -0.2) is 39.6 Å². The van der Waals surface area contributed by atoms with Gasteiger partial charge in [-0.05, 0) is 19.9 Å². The number of nitro groups is 1. The van der Waals surface area contributed by atoms with Crippen molar-refractivity contribution < 1.29 is 18.1 Å². The van der Waals surface area contributed by atoms with Crippen molar-refractivity contribution in [2.45, 2.75) is 24.8 Å². The highest BCUT2D eigenvalue weighted by Gasteiger charge is 2.21. The molecule has 0 saturated heterocycles. The van der Waals surface area contributed by atoms with E-state index in [1.54, 1.807) is 13.8 Å². The summed E-state index contributed by atoms with van der Waals surface area (Å²) in [6.07, 6.45) is -0.277. The molecule has 1 aromatic rings. The average molecular weight is 317 g/mol. The number of nitrogens with zero attached hydrogens (tertiary/aromatic N) is 1. The molecule has 0 fully saturated rings. The summed E-state index contributed by atoms with van der Waals surface area (Å²) in [4.78, 5) is 10.2. The monoisotopic (exact) mass is 317 g/mol. The van der Waals surface area contributed by atoms with Gasteiger partial charge in [0.2, 0.25) is 10.0 Å². The molecule has 0 saturated carbocycles. The standard InChI is InChI=1S/C12H19N3O5S/c1-4-13-11-7-10(15(16)17)5-6-12(11)21(18,19)14-8-9(2)20-3/h5-7,9,13-14H,4,8H2,1-3H3. The molecule has 0 aliphatic heterocycles. The Bertz CT molecular complexity index is 603. The molecule has 1 atom stereocenters. The Balaban J connectivity index is 3.12. The van der Waals surface area contributed by atoms with E-state index < -0.39 is 14.9 Å². The topological polar surface area (TPSA) is 111 Å². The molecule has 118 valence electrons. The van der Waals surface area contributed by atoms with Crippen LogP contribution in [0.4, 0.5) is 11.4 Å². The van der Waals surface area contributed by atoms with E-state index in [0.717, 1.165) is 6.07 Å². The van der Waals surface area contributed by atoms with E-state index in [0.29, 0.717) is 6.54 Å². The maximum Gasteiger partial charge on any atom is 0.271 e. The van der Waals surface area contributed by atoms with Gasteiger partial charge in [0.05, 0.1) is 16.7 Å². The van der Waals surface area contributed by atoms with Gasteiger partial charge in [-0.3, -0.25) is 10.1 Å². The Labute approximate surface area is 123 Å². The molecule has 1 rings (SSSR count). The fourth-order valence-corrected chi connectivity index (χ4v) is 2.86. The Kier molecular flexibility index (Phi) is 6.06. The van der Waals surface area contributed by atoms with Crippen LogP contribution in [0.5, 0.6) is 0 Å². The largest absolute Gasteiger partial charge is 0.384 e. The molecular weight excluding hydrogens is 298 g/mol. The van der Waals surface area contributed by atoms with Gasteiger partial charge in [-0.25, -0.2) is 13.1 Å². The van der Waals surface area contributed by atoms with Gasteiger partial charge in [0.15, 0.2) is 0 Å². The Morgan fingerprint density at radius 2 is 2.10 bits per heavy atom. The summed E-state index contributed by atoms with van der Waals surface area (Å²) in [6, 6.07) is 3.59. The minimum Gasteiger partial charge on any atom is -0.384 e. The Hall–Kier alpha value is -1.71. The number of benzene rings is 1. The third-order valence-corrected chi connectivity index (χ3v) is 4.28. The summed E-state index contributed by atoms with van der Waals surface area (Å²) >= 11 is 0. The molecule has 1 unspecified atom stereocenters. The van der Waals surface area contributed by atoms with E-state index in [2.05, 4.69) is 10.0 Å². The second-order valence-corrected chi connectivity index (χ2v) is 6.10. The maximum absolute atomic E-state index is 12.3. The lowest BCUT2D eigenvalue weighted by Crippen LogP contribution is -2.32. The van der Waals surface area contributed by atoms with Gasteiger partial charge < -0.3 is 10.1 Å². The van der Waals surface area contributed by atoms with Gasteiger partial charge >= 0.3 is 0 Å². The van der Waals surface area contributed by atoms with Crippen LogP contribution in [0.25, 0.3) is 0 Å². The molecular formula is C12H19N3O5S. The van der Waals surface area contributed by atoms with Gasteiger partial charge in [-0.2, -0.15) is 0 Å². The molecule has 2 N–H and O–H groups in total. The second kappa shape index (κ2) is 7.34. The van der Waals surface area contributed by atoms with Crippen molar-refractivity contribution in [3.63, 3.8) is 0 Å². The van der Waals surface area contributed by atoms with Crippen LogP contribution in [-0.2, 0) is 14.8 Å². The van der Waals surface area contributed by atoms with Crippen molar-refractivity contribution in [3.05, 3.63) is 28.3 Å². The minimum atomic E-state index is -3.78. The summed E-state index contributed by atoms with van der Waals surface area (Å²) in [5, 5.41) is 13.6. The van der Waals surface area contributed by atoms with Crippen molar-refractivity contribution >= 4 is 21.4 Å². The number of nitro benzene ring substituents is 1. The molecule has 0 aromatic heterocycles. The van der Waals surface area contributed by atoms with Crippen molar-refractivity contribution in [2.24, 2.45) is 0 Å². The molecule has 8 nitrogen and oxygen atoms in total. The van der Waals surface area contributed by atoms with Crippen molar-refractivity contribution in [1.29, 1.82) is 0 Å². The summed E-state index contributed by atoms with van der Waals surface area (Å²) < 4.78 is 31.9. The Morgan fingerprint density at radius 1 is 1.43 bits per heavy atom. The van der Waals surface area contributed by atoms with Crippen LogP contribution in [0.2, 0.25) is 0 Å². The zero-order valence-electron chi connectivity index (χ0n) is 12.1. The van der Waals surface area contributed by atoms with Crippen molar-refractivity contribution in [3.8, 4) is 0 Å². The number of nitrogens with one attached hydrogen (secondary N) is 2. The van der Waals surface area contributed by atoms with Gasteiger partial charge in [0, 0.05) is 32.3 Å². The molecule has 9 heteroatoms. The van der Waals surface area contributed by atoms with E-state index >= 15 is 0 Å². The van der Waals surface area contributed by atoms with E-state index in [1.165, 1.54) is 19.2 Å². The highest BCUT2D eigenvalue weighted by Crippen LogP contribution is 2.26. The molecule has 0 spiro atoms. The summed E-state index contributed by atoms with van der Waals surface area (Å²) in [5.41, 5.74) is 0.0272. The summed E-state index contributed by atoms with van der Waals surface area (Å²) in [7, 11) is -2.29. The SMILES string of the molecule is CCNc1cc([N+](=O)[O-])ccc1S(=O)(=O)NCC(C)OC. The zero-order chi connectivity index (χ0) is 16.0. The first kappa shape index (κ1) is 17.3. The molecule has 0 bridgehead atoms. The third-order valence-electron chi connectivity index (χ3n) is 2.79. The fourth-order valence-electron chi connectivity index (χ4n) is 1.58. The van der Waals surface area contributed by atoms with Gasteiger partial charge in [-0.15, -0.1) is 0 Å². The normalized spacial score (nSPS) is 12.9. The average Bonchev–Trinajstić information content (AvgIpc) is 2.44. The highest BCUT2D eigenvalue weighted by molar-refractivity contribution is 7.89. The van der Waals surface area contributed by atoms with Crippen LogP contribution in [0, 0.1) is 10.1 Å². The molecule has 0 aliphatic carbocycles. The predicted molar refractivity (Wildman–Crippen MR) is 78.9 cm³/mol. The first-order valence-electron chi connectivity index (χ1n) is 6.36. The van der Waals surface area contributed by atoms with Crippen LogP contribution in [0.15, 0.2) is 23.1 Å². The number of ether oxygens (including phenoxy) is 1. The maximum atomic E-state index is 12.3. The second-order valence-electron chi connectivity index (χ2n) is 4.37. The van der Waals surface area contributed by atoms with Crippen LogP contribution < -0.4 is 10.0 Å². The first-order valence-corrected chi connectivity index (χ1v) is 7.85. The molecule has 0 heterocycles. The number of methoxy groups -OCH3 is 1. The quantitative estimate of drug-likeness (QED) is 0.553. The number of rotatable bonds is 8. The number of hydrogen-bond donors (Lipinski definition) is 2. The molecule has 0 radical (unpaired) electrons. The number of sulfonamides is 1. The molecule has 0 amide bonds. The number of hydrogen-bond acceptors (Lipinski definition) is 6.